The first-order valence-corrected chi connectivity index (χ1v) is 10.8. The Bertz CT molecular complexity index is 828. The van der Waals surface area contributed by atoms with Crippen LogP contribution in [0.4, 0.5) is 10.8 Å². The maximum absolute atomic E-state index is 12.6. The predicted octanol–water partition coefficient (Wildman–Crippen LogP) is 3.85. The number of nitrogens with zero attached hydrogens (tertiary/aromatic N) is 2. The van der Waals surface area contributed by atoms with Crippen molar-refractivity contribution in [2.75, 3.05) is 36.5 Å². The molecule has 2 aliphatic rings. The van der Waals surface area contributed by atoms with Crippen molar-refractivity contribution in [3.63, 3.8) is 0 Å². The fourth-order valence-electron chi connectivity index (χ4n) is 3.79. The summed E-state index contributed by atoms with van der Waals surface area (Å²) in [7, 11) is 0. The molecule has 2 fully saturated rings. The number of amides is 1. The first-order valence-electron chi connectivity index (χ1n) is 9.93. The summed E-state index contributed by atoms with van der Waals surface area (Å²) in [5.41, 5.74) is 2.50. The third-order valence-electron chi connectivity index (χ3n) is 5.41. The number of ether oxygens (including phenoxy) is 1. The number of morpholine rings is 1. The molecular formula is C21H25N3O3S. The molecule has 1 saturated carbocycles. The number of aromatic nitrogens is 1. The van der Waals surface area contributed by atoms with Gasteiger partial charge in [-0.15, -0.1) is 11.3 Å². The molecule has 0 radical (unpaired) electrons. The molecule has 1 aromatic carbocycles. The Morgan fingerprint density at radius 1 is 1.14 bits per heavy atom. The summed E-state index contributed by atoms with van der Waals surface area (Å²) in [4.78, 5) is 31.6. The summed E-state index contributed by atoms with van der Waals surface area (Å²) in [6, 6.07) is 7.61. The molecule has 1 aliphatic carbocycles. The minimum Gasteiger partial charge on any atom is -0.378 e. The molecule has 7 heteroatoms. The van der Waals surface area contributed by atoms with E-state index in [1.165, 1.54) is 11.3 Å². The highest BCUT2D eigenvalue weighted by Gasteiger charge is 2.25. The zero-order valence-electron chi connectivity index (χ0n) is 15.9. The van der Waals surface area contributed by atoms with Crippen molar-refractivity contribution in [2.24, 2.45) is 0 Å². The number of carbonyl (C=O) groups is 2. The maximum Gasteiger partial charge on any atom is 0.257 e. The van der Waals surface area contributed by atoms with E-state index >= 15 is 0 Å². The number of thiazole rings is 1. The van der Waals surface area contributed by atoms with E-state index in [1.54, 1.807) is 0 Å². The molecule has 4 rings (SSSR count). The summed E-state index contributed by atoms with van der Waals surface area (Å²) in [5, 5.41) is 5.33. The van der Waals surface area contributed by atoms with Gasteiger partial charge in [0.25, 0.3) is 5.91 Å². The van der Waals surface area contributed by atoms with Crippen molar-refractivity contribution in [2.45, 2.75) is 38.0 Å². The third kappa shape index (κ3) is 4.42. The van der Waals surface area contributed by atoms with Gasteiger partial charge in [-0.05, 0) is 37.1 Å². The van der Waals surface area contributed by atoms with E-state index < -0.39 is 0 Å². The lowest BCUT2D eigenvalue weighted by Gasteiger charge is -2.28. The van der Waals surface area contributed by atoms with Crippen LogP contribution in [0.1, 0.15) is 54.1 Å². The normalized spacial score (nSPS) is 20.6. The van der Waals surface area contributed by atoms with Crippen molar-refractivity contribution in [3.8, 4) is 0 Å². The lowest BCUT2D eigenvalue weighted by atomic mass is 9.96. The van der Waals surface area contributed by atoms with E-state index in [9.17, 15) is 9.59 Å². The molecule has 6 nitrogen and oxygen atoms in total. The van der Waals surface area contributed by atoms with E-state index in [0.717, 1.165) is 63.4 Å². The molecule has 148 valence electrons. The summed E-state index contributed by atoms with van der Waals surface area (Å²) in [6.45, 7) is 3.21. The van der Waals surface area contributed by atoms with Crippen molar-refractivity contribution in [1.29, 1.82) is 0 Å². The Morgan fingerprint density at radius 3 is 2.71 bits per heavy atom. The third-order valence-corrected chi connectivity index (χ3v) is 6.19. The highest BCUT2D eigenvalue weighted by atomic mass is 32.1. The van der Waals surface area contributed by atoms with Crippen LogP contribution in [-0.2, 0) is 9.53 Å². The van der Waals surface area contributed by atoms with Crippen molar-refractivity contribution in [3.05, 3.63) is 40.9 Å². The van der Waals surface area contributed by atoms with Gasteiger partial charge in [0.05, 0.1) is 24.8 Å². The molecule has 28 heavy (non-hydrogen) atoms. The molecule has 1 N–H and O–H groups in total. The van der Waals surface area contributed by atoms with Gasteiger partial charge in [0.2, 0.25) is 0 Å². The number of Topliss-reactive ketones (excluding diaryl/α,β-unsaturated/α-hetero) is 1. The van der Waals surface area contributed by atoms with E-state index in [2.05, 4.69) is 15.2 Å². The molecular weight excluding hydrogens is 374 g/mol. The highest BCUT2D eigenvalue weighted by molar-refractivity contribution is 7.14. The van der Waals surface area contributed by atoms with Crippen LogP contribution in [0.3, 0.4) is 0 Å². The largest absolute Gasteiger partial charge is 0.378 e. The highest BCUT2D eigenvalue weighted by Crippen LogP contribution is 2.31. The molecule has 1 aromatic heterocycles. The van der Waals surface area contributed by atoms with Crippen LogP contribution >= 0.6 is 11.3 Å². The molecule has 1 amide bonds. The van der Waals surface area contributed by atoms with Gasteiger partial charge in [-0.2, -0.15) is 0 Å². The van der Waals surface area contributed by atoms with Gasteiger partial charge in [0, 0.05) is 36.1 Å². The van der Waals surface area contributed by atoms with Crippen molar-refractivity contribution >= 4 is 33.8 Å². The monoisotopic (exact) mass is 399 g/mol. The summed E-state index contributed by atoms with van der Waals surface area (Å²) < 4.78 is 5.38. The number of hydrogen-bond acceptors (Lipinski definition) is 6. The number of carbonyl (C=O) groups excluding carboxylic acids is 2. The minimum absolute atomic E-state index is 0.114. The number of anilines is 2. The average Bonchev–Trinajstić information content (AvgIpc) is 3.08. The number of ketones is 1. The molecule has 0 bridgehead atoms. The van der Waals surface area contributed by atoms with Gasteiger partial charge < -0.3 is 9.64 Å². The maximum atomic E-state index is 12.6. The Morgan fingerprint density at radius 2 is 1.93 bits per heavy atom. The minimum atomic E-state index is -0.179. The van der Waals surface area contributed by atoms with Crippen molar-refractivity contribution < 1.29 is 14.3 Å². The van der Waals surface area contributed by atoms with Crippen LogP contribution in [0.2, 0.25) is 0 Å². The van der Waals surface area contributed by atoms with Gasteiger partial charge in [-0.1, -0.05) is 12.8 Å². The quantitative estimate of drug-likeness (QED) is 0.791. The topological polar surface area (TPSA) is 71.5 Å². The van der Waals surface area contributed by atoms with E-state index in [1.807, 2.05) is 29.6 Å². The second-order valence-corrected chi connectivity index (χ2v) is 8.15. The van der Waals surface area contributed by atoms with Crippen LogP contribution in [-0.4, -0.2) is 43.0 Å². The Balaban J connectivity index is 1.39. The number of rotatable bonds is 4. The zero-order valence-corrected chi connectivity index (χ0v) is 16.7. The molecule has 2 aromatic rings. The molecule has 2 heterocycles. The lowest BCUT2D eigenvalue weighted by molar-refractivity contribution is -0.120. The summed E-state index contributed by atoms with van der Waals surface area (Å²) in [6.07, 6.45) is 4.64. The van der Waals surface area contributed by atoms with Gasteiger partial charge in [0.1, 0.15) is 5.78 Å². The SMILES string of the molecule is O=C(Nc1nc(C2CCCCCC2=O)cs1)c1ccc(N2CCOCC2)cc1. The Labute approximate surface area is 168 Å². The molecule has 1 unspecified atom stereocenters. The van der Waals surface area contributed by atoms with Gasteiger partial charge >= 0.3 is 0 Å². The van der Waals surface area contributed by atoms with Crippen LogP contribution in [0.15, 0.2) is 29.6 Å². The van der Waals surface area contributed by atoms with Crippen LogP contribution in [0.5, 0.6) is 0 Å². The van der Waals surface area contributed by atoms with Gasteiger partial charge in [-0.25, -0.2) is 4.98 Å². The molecule has 0 spiro atoms. The lowest BCUT2D eigenvalue weighted by Crippen LogP contribution is -2.36. The molecule has 1 atom stereocenters. The fraction of sp³-hybridized carbons (Fsp3) is 0.476. The van der Waals surface area contributed by atoms with Crippen LogP contribution in [0.25, 0.3) is 0 Å². The van der Waals surface area contributed by atoms with Gasteiger partial charge in [0.15, 0.2) is 5.13 Å². The molecule has 1 aliphatic heterocycles. The second kappa shape index (κ2) is 8.84. The Hall–Kier alpha value is -2.25. The first-order chi connectivity index (χ1) is 13.7. The smallest absolute Gasteiger partial charge is 0.257 e. The number of hydrogen-bond donors (Lipinski definition) is 1. The van der Waals surface area contributed by atoms with Crippen molar-refractivity contribution in [1.82, 2.24) is 4.98 Å². The standard InChI is InChI=1S/C21H25N3O3S/c25-19-5-3-1-2-4-17(19)18-14-28-21(22-18)23-20(26)15-6-8-16(9-7-15)24-10-12-27-13-11-24/h6-9,14,17H,1-5,10-13H2,(H,22,23,26). The number of benzene rings is 1. The van der Waals surface area contributed by atoms with Gasteiger partial charge in [-0.3, -0.25) is 14.9 Å². The summed E-state index contributed by atoms with van der Waals surface area (Å²) >= 11 is 1.38. The van der Waals surface area contributed by atoms with E-state index in [-0.39, 0.29) is 17.6 Å². The van der Waals surface area contributed by atoms with E-state index in [0.29, 0.717) is 17.1 Å². The second-order valence-electron chi connectivity index (χ2n) is 7.30. The average molecular weight is 400 g/mol. The first kappa shape index (κ1) is 19.1. The van der Waals surface area contributed by atoms with Crippen LogP contribution in [0, 0.1) is 0 Å². The van der Waals surface area contributed by atoms with Crippen LogP contribution < -0.4 is 10.2 Å². The zero-order chi connectivity index (χ0) is 19.3. The number of nitrogens with one attached hydrogen (secondary N) is 1. The van der Waals surface area contributed by atoms with E-state index in [4.69, 9.17) is 4.74 Å². The predicted molar refractivity (Wildman–Crippen MR) is 110 cm³/mol. The summed E-state index contributed by atoms with van der Waals surface area (Å²) in [5.74, 6) is -0.0155. The molecule has 1 saturated heterocycles. The fourth-order valence-corrected chi connectivity index (χ4v) is 4.55. The Kier molecular flexibility index (Phi) is 6.02.